The number of hydrogen-bond donors (Lipinski definition) is 0. The zero-order valence-corrected chi connectivity index (χ0v) is 12.1. The fourth-order valence-corrected chi connectivity index (χ4v) is 2.41. The van der Waals surface area contributed by atoms with E-state index in [0.29, 0.717) is 5.92 Å². The molecule has 2 aromatic rings. The Morgan fingerprint density at radius 1 is 1.10 bits per heavy atom. The van der Waals surface area contributed by atoms with E-state index >= 15 is 0 Å². The first-order valence-electron chi connectivity index (χ1n) is 7.01. The lowest BCUT2D eigenvalue weighted by molar-refractivity contribution is 0.481. The lowest BCUT2D eigenvalue weighted by Crippen LogP contribution is -1.99. The molecule has 0 amide bonds. The van der Waals surface area contributed by atoms with Crippen molar-refractivity contribution in [3.63, 3.8) is 0 Å². The van der Waals surface area contributed by atoms with Crippen molar-refractivity contribution in [1.82, 2.24) is 0 Å². The minimum Gasteiger partial charge on any atom is -0.457 e. The van der Waals surface area contributed by atoms with E-state index in [0.717, 1.165) is 24.3 Å². The standard InChI is InChI=1S/C19H20O/c1-4-9-16(5-2)19-13-12-18(14-15(19)3)20-17-10-7-6-8-11-17/h1,6-8,10-14,16H,5,9H2,2-3H3. The third-order valence-corrected chi connectivity index (χ3v) is 3.52. The Hall–Kier alpha value is -2.20. The minimum atomic E-state index is 0.436. The van der Waals surface area contributed by atoms with Crippen LogP contribution in [0.15, 0.2) is 48.5 Å². The van der Waals surface area contributed by atoms with Crippen LogP contribution < -0.4 is 4.74 Å². The van der Waals surface area contributed by atoms with Crippen LogP contribution in [-0.4, -0.2) is 0 Å². The first-order chi connectivity index (χ1) is 9.74. The van der Waals surface area contributed by atoms with Crippen LogP contribution in [0.3, 0.4) is 0 Å². The van der Waals surface area contributed by atoms with Crippen LogP contribution in [0, 0.1) is 19.3 Å². The second-order valence-corrected chi connectivity index (χ2v) is 4.95. The van der Waals surface area contributed by atoms with E-state index in [9.17, 15) is 0 Å². The van der Waals surface area contributed by atoms with Crippen LogP contribution in [0.1, 0.15) is 36.8 Å². The van der Waals surface area contributed by atoms with Gasteiger partial charge in [0.2, 0.25) is 0 Å². The highest BCUT2D eigenvalue weighted by molar-refractivity contribution is 5.39. The average Bonchev–Trinajstić information content (AvgIpc) is 2.47. The van der Waals surface area contributed by atoms with Gasteiger partial charge >= 0.3 is 0 Å². The summed E-state index contributed by atoms with van der Waals surface area (Å²) in [7, 11) is 0. The Morgan fingerprint density at radius 2 is 1.85 bits per heavy atom. The van der Waals surface area contributed by atoms with Gasteiger partial charge in [0.25, 0.3) is 0 Å². The summed E-state index contributed by atoms with van der Waals surface area (Å²) in [6.45, 7) is 4.29. The topological polar surface area (TPSA) is 9.23 Å². The lowest BCUT2D eigenvalue weighted by Gasteiger charge is -2.16. The van der Waals surface area contributed by atoms with E-state index in [-0.39, 0.29) is 0 Å². The summed E-state index contributed by atoms with van der Waals surface area (Å²) in [5, 5.41) is 0. The van der Waals surface area contributed by atoms with Gasteiger partial charge in [-0.25, -0.2) is 0 Å². The molecule has 1 nitrogen and oxygen atoms in total. The molecular formula is C19H20O. The predicted octanol–water partition coefficient (Wildman–Crippen LogP) is 5.30. The van der Waals surface area contributed by atoms with Gasteiger partial charge in [0.05, 0.1) is 0 Å². The Morgan fingerprint density at radius 3 is 2.45 bits per heavy atom. The third-order valence-electron chi connectivity index (χ3n) is 3.52. The molecule has 0 fully saturated rings. The van der Waals surface area contributed by atoms with E-state index in [2.05, 4.69) is 31.9 Å². The molecule has 0 N–H and O–H groups in total. The molecule has 1 atom stereocenters. The van der Waals surface area contributed by atoms with Crippen LogP contribution >= 0.6 is 0 Å². The van der Waals surface area contributed by atoms with E-state index < -0.39 is 0 Å². The summed E-state index contributed by atoms with van der Waals surface area (Å²) >= 11 is 0. The van der Waals surface area contributed by atoms with Gasteiger partial charge in [0.1, 0.15) is 11.5 Å². The van der Waals surface area contributed by atoms with Crippen molar-refractivity contribution in [3.8, 4) is 23.8 Å². The van der Waals surface area contributed by atoms with E-state index in [1.807, 2.05) is 36.4 Å². The number of terminal acetylenes is 1. The summed E-state index contributed by atoms with van der Waals surface area (Å²) in [6, 6.07) is 16.1. The fraction of sp³-hybridized carbons (Fsp3) is 0.263. The molecule has 2 aromatic carbocycles. The zero-order valence-electron chi connectivity index (χ0n) is 12.1. The van der Waals surface area contributed by atoms with Crippen molar-refractivity contribution >= 4 is 0 Å². The molecule has 1 unspecified atom stereocenters. The van der Waals surface area contributed by atoms with E-state index in [1.54, 1.807) is 0 Å². The second kappa shape index (κ2) is 6.82. The molecule has 0 saturated heterocycles. The zero-order chi connectivity index (χ0) is 14.4. The van der Waals surface area contributed by atoms with Gasteiger partial charge in [-0.1, -0.05) is 31.2 Å². The second-order valence-electron chi connectivity index (χ2n) is 4.95. The van der Waals surface area contributed by atoms with Gasteiger partial charge in [0.15, 0.2) is 0 Å². The summed E-state index contributed by atoms with van der Waals surface area (Å²) in [4.78, 5) is 0. The number of hydrogen-bond acceptors (Lipinski definition) is 1. The monoisotopic (exact) mass is 264 g/mol. The molecule has 0 spiro atoms. The van der Waals surface area contributed by atoms with Crippen molar-refractivity contribution < 1.29 is 4.74 Å². The molecule has 0 aliphatic carbocycles. The van der Waals surface area contributed by atoms with Gasteiger partial charge in [-0.15, -0.1) is 12.3 Å². The highest BCUT2D eigenvalue weighted by Crippen LogP contribution is 2.30. The summed E-state index contributed by atoms with van der Waals surface area (Å²) in [6.07, 6.45) is 7.30. The highest BCUT2D eigenvalue weighted by Gasteiger charge is 2.11. The number of aryl methyl sites for hydroxylation is 1. The predicted molar refractivity (Wildman–Crippen MR) is 84.2 cm³/mol. The van der Waals surface area contributed by atoms with Crippen molar-refractivity contribution in [2.24, 2.45) is 0 Å². The molecule has 20 heavy (non-hydrogen) atoms. The highest BCUT2D eigenvalue weighted by atomic mass is 16.5. The molecule has 0 heterocycles. The lowest BCUT2D eigenvalue weighted by atomic mass is 9.90. The molecule has 2 rings (SSSR count). The summed E-state index contributed by atoms with van der Waals surface area (Å²) in [5.74, 6) is 4.93. The average molecular weight is 264 g/mol. The third kappa shape index (κ3) is 3.42. The maximum absolute atomic E-state index is 5.85. The Bertz CT molecular complexity index is 593. The normalized spacial score (nSPS) is 11.7. The summed E-state index contributed by atoms with van der Waals surface area (Å²) < 4.78 is 5.85. The Balaban J connectivity index is 2.19. The van der Waals surface area contributed by atoms with Crippen molar-refractivity contribution in [3.05, 3.63) is 59.7 Å². The van der Waals surface area contributed by atoms with Crippen molar-refractivity contribution in [1.29, 1.82) is 0 Å². The number of rotatable bonds is 5. The van der Waals surface area contributed by atoms with Crippen LogP contribution in [-0.2, 0) is 0 Å². The fourth-order valence-electron chi connectivity index (χ4n) is 2.41. The van der Waals surface area contributed by atoms with Crippen LogP contribution in [0.25, 0.3) is 0 Å². The quantitative estimate of drug-likeness (QED) is 0.665. The van der Waals surface area contributed by atoms with E-state index in [4.69, 9.17) is 11.2 Å². The number of ether oxygens (including phenoxy) is 1. The molecule has 0 aromatic heterocycles. The smallest absolute Gasteiger partial charge is 0.127 e. The number of para-hydroxylation sites is 1. The van der Waals surface area contributed by atoms with Crippen LogP contribution in [0.5, 0.6) is 11.5 Å². The van der Waals surface area contributed by atoms with Crippen molar-refractivity contribution in [2.45, 2.75) is 32.6 Å². The van der Waals surface area contributed by atoms with Gasteiger partial charge < -0.3 is 4.74 Å². The molecule has 0 radical (unpaired) electrons. The SMILES string of the molecule is C#CCC(CC)c1ccc(Oc2ccccc2)cc1C. The molecule has 1 heteroatoms. The van der Waals surface area contributed by atoms with Crippen molar-refractivity contribution in [2.75, 3.05) is 0 Å². The Labute approximate surface area is 121 Å². The van der Waals surface area contributed by atoms with E-state index in [1.165, 1.54) is 11.1 Å². The van der Waals surface area contributed by atoms with Gasteiger partial charge in [0, 0.05) is 6.42 Å². The van der Waals surface area contributed by atoms with Gasteiger partial charge in [-0.05, 0) is 54.7 Å². The first-order valence-corrected chi connectivity index (χ1v) is 7.01. The van der Waals surface area contributed by atoms with Crippen LogP contribution in [0.4, 0.5) is 0 Å². The maximum atomic E-state index is 5.85. The Kier molecular flexibility index (Phi) is 4.85. The minimum absolute atomic E-state index is 0.436. The number of benzene rings is 2. The van der Waals surface area contributed by atoms with Crippen LogP contribution in [0.2, 0.25) is 0 Å². The largest absolute Gasteiger partial charge is 0.457 e. The summed E-state index contributed by atoms with van der Waals surface area (Å²) in [5.41, 5.74) is 2.56. The molecular weight excluding hydrogens is 244 g/mol. The van der Waals surface area contributed by atoms with Gasteiger partial charge in [-0.3, -0.25) is 0 Å². The maximum Gasteiger partial charge on any atom is 0.127 e. The first kappa shape index (κ1) is 14.2. The van der Waals surface area contributed by atoms with Gasteiger partial charge in [-0.2, -0.15) is 0 Å². The molecule has 0 saturated carbocycles. The molecule has 0 bridgehead atoms. The molecule has 102 valence electrons. The molecule has 0 aliphatic heterocycles. The molecule has 0 aliphatic rings.